The number of rotatable bonds is 1. The van der Waals surface area contributed by atoms with Crippen LogP contribution in [-0.2, 0) is 16.1 Å². The van der Waals surface area contributed by atoms with Gasteiger partial charge in [-0.3, -0.25) is 5.32 Å². The molecule has 3 rings (SSSR count). The highest BCUT2D eigenvalue weighted by atomic mass is 16.6. The van der Waals surface area contributed by atoms with Crippen LogP contribution in [0.3, 0.4) is 0 Å². The van der Waals surface area contributed by atoms with E-state index in [0.717, 1.165) is 16.7 Å². The normalized spacial score (nSPS) is 23.2. The third-order valence-corrected chi connectivity index (χ3v) is 4.47. The lowest BCUT2D eigenvalue weighted by Crippen LogP contribution is -2.58. The van der Waals surface area contributed by atoms with Gasteiger partial charge in [-0.15, -0.1) is 0 Å². The lowest BCUT2D eigenvalue weighted by molar-refractivity contribution is 0.0153. The van der Waals surface area contributed by atoms with Crippen LogP contribution in [0.2, 0.25) is 0 Å². The molecule has 1 amide bonds. The summed E-state index contributed by atoms with van der Waals surface area (Å²) in [6.07, 6.45) is -0.719. The molecule has 0 radical (unpaired) electrons. The molecule has 2 aliphatic rings. The molecule has 7 heteroatoms. The Kier molecular flexibility index (Phi) is 4.47. The van der Waals surface area contributed by atoms with Gasteiger partial charge in [-0.05, 0) is 44.9 Å². The summed E-state index contributed by atoms with van der Waals surface area (Å²) in [5, 5.41) is 3.33. The summed E-state index contributed by atoms with van der Waals surface area (Å²) in [6.45, 7) is 8.62. The quantitative estimate of drug-likeness (QED) is 0.753. The van der Waals surface area contributed by atoms with Crippen molar-refractivity contribution in [2.75, 3.05) is 13.1 Å². The zero-order valence-corrected chi connectivity index (χ0v) is 15.1. The fourth-order valence-electron chi connectivity index (χ4n) is 3.31. The van der Waals surface area contributed by atoms with E-state index in [1.807, 2.05) is 33.8 Å². The van der Waals surface area contributed by atoms with Crippen LogP contribution in [0.4, 0.5) is 4.79 Å². The number of piperazine rings is 1. The number of nitrogens with zero attached hydrogens (tertiary/aromatic N) is 1. The highest BCUT2D eigenvalue weighted by molar-refractivity contribution is 5.94. The highest BCUT2D eigenvalue weighted by Crippen LogP contribution is 2.30. The number of fused-ring (bicyclic) bond motifs is 1. The first-order valence-corrected chi connectivity index (χ1v) is 8.45. The molecule has 1 fully saturated rings. The van der Waals surface area contributed by atoms with Crippen LogP contribution in [0.15, 0.2) is 12.1 Å². The van der Waals surface area contributed by atoms with Gasteiger partial charge in [0.05, 0.1) is 24.3 Å². The van der Waals surface area contributed by atoms with Gasteiger partial charge in [0.2, 0.25) is 0 Å². The van der Waals surface area contributed by atoms with E-state index in [-0.39, 0.29) is 24.3 Å². The van der Waals surface area contributed by atoms with Gasteiger partial charge in [-0.25, -0.2) is 9.59 Å². The number of ether oxygens (including phenoxy) is 2. The standard InChI is InChI=1S/C18H25N3O4/c1-10-11(5-6-12-13(10)9-24-16(12)22)14-7-21(8-15(19)20-14)17(23)25-18(2,3)4/h5-6,14-15,20H,7-9,19H2,1-4H3/t14-,15+/m0/s1. The fraction of sp³-hybridized carbons (Fsp3) is 0.556. The van der Waals surface area contributed by atoms with E-state index in [0.29, 0.717) is 25.3 Å². The second-order valence-corrected chi connectivity index (χ2v) is 7.59. The van der Waals surface area contributed by atoms with Crippen molar-refractivity contribution in [3.05, 3.63) is 34.4 Å². The van der Waals surface area contributed by atoms with Gasteiger partial charge in [-0.2, -0.15) is 0 Å². The van der Waals surface area contributed by atoms with Crippen molar-refractivity contribution < 1.29 is 19.1 Å². The van der Waals surface area contributed by atoms with E-state index >= 15 is 0 Å². The maximum absolute atomic E-state index is 12.4. The Morgan fingerprint density at radius 1 is 1.36 bits per heavy atom. The van der Waals surface area contributed by atoms with Crippen molar-refractivity contribution in [2.24, 2.45) is 5.73 Å². The molecule has 1 aromatic rings. The highest BCUT2D eigenvalue weighted by Gasteiger charge is 2.33. The number of esters is 1. The van der Waals surface area contributed by atoms with Gasteiger partial charge in [0, 0.05) is 12.1 Å². The Labute approximate surface area is 147 Å². The number of cyclic esters (lactones) is 1. The largest absolute Gasteiger partial charge is 0.457 e. The SMILES string of the molecule is Cc1c([C@@H]2CN(C(=O)OC(C)(C)C)C[C@H](N)N2)ccc2c1COC2=O. The average molecular weight is 347 g/mol. The molecule has 0 spiro atoms. The zero-order chi connectivity index (χ0) is 18.4. The minimum absolute atomic E-state index is 0.128. The Morgan fingerprint density at radius 3 is 2.76 bits per heavy atom. The molecule has 1 saturated heterocycles. The van der Waals surface area contributed by atoms with Crippen molar-refractivity contribution >= 4 is 12.1 Å². The van der Waals surface area contributed by atoms with E-state index < -0.39 is 5.60 Å². The zero-order valence-electron chi connectivity index (χ0n) is 15.1. The van der Waals surface area contributed by atoms with Crippen LogP contribution >= 0.6 is 0 Å². The van der Waals surface area contributed by atoms with Gasteiger partial charge in [0.25, 0.3) is 0 Å². The molecule has 1 aromatic carbocycles. The predicted molar refractivity (Wildman–Crippen MR) is 92.0 cm³/mol. The number of carbonyl (C=O) groups is 2. The first-order valence-electron chi connectivity index (χ1n) is 8.45. The van der Waals surface area contributed by atoms with Gasteiger partial charge in [0.15, 0.2) is 0 Å². The number of benzene rings is 1. The van der Waals surface area contributed by atoms with Gasteiger partial charge >= 0.3 is 12.1 Å². The average Bonchev–Trinajstić information content (AvgIpc) is 2.87. The molecule has 0 bridgehead atoms. The lowest BCUT2D eigenvalue weighted by Gasteiger charge is -2.38. The third kappa shape index (κ3) is 3.62. The molecular formula is C18H25N3O4. The van der Waals surface area contributed by atoms with Crippen molar-refractivity contribution in [3.63, 3.8) is 0 Å². The summed E-state index contributed by atoms with van der Waals surface area (Å²) in [7, 11) is 0. The smallest absolute Gasteiger partial charge is 0.410 e. The van der Waals surface area contributed by atoms with Crippen LogP contribution in [0.5, 0.6) is 0 Å². The Hall–Kier alpha value is -2.12. The van der Waals surface area contributed by atoms with Gasteiger partial charge in [-0.1, -0.05) is 6.07 Å². The monoisotopic (exact) mass is 347 g/mol. The van der Waals surface area contributed by atoms with E-state index in [4.69, 9.17) is 15.2 Å². The number of carbonyl (C=O) groups excluding carboxylic acids is 2. The molecule has 0 saturated carbocycles. The molecular weight excluding hydrogens is 322 g/mol. The van der Waals surface area contributed by atoms with Crippen molar-refractivity contribution in [2.45, 2.75) is 52.1 Å². The molecule has 0 aliphatic carbocycles. The van der Waals surface area contributed by atoms with Crippen LogP contribution in [-0.4, -0.2) is 41.8 Å². The van der Waals surface area contributed by atoms with E-state index in [1.54, 1.807) is 11.0 Å². The predicted octanol–water partition coefficient (Wildman–Crippen LogP) is 1.83. The van der Waals surface area contributed by atoms with E-state index in [2.05, 4.69) is 5.32 Å². The molecule has 3 N–H and O–H groups in total. The summed E-state index contributed by atoms with van der Waals surface area (Å²) in [4.78, 5) is 25.7. The van der Waals surface area contributed by atoms with Crippen LogP contribution in [0, 0.1) is 6.92 Å². The van der Waals surface area contributed by atoms with Crippen molar-refractivity contribution in [1.82, 2.24) is 10.2 Å². The molecule has 25 heavy (non-hydrogen) atoms. The molecule has 0 unspecified atom stereocenters. The van der Waals surface area contributed by atoms with Gasteiger partial charge < -0.3 is 20.1 Å². The second-order valence-electron chi connectivity index (χ2n) is 7.59. The molecule has 2 atom stereocenters. The number of hydrogen-bond donors (Lipinski definition) is 2. The Bertz CT molecular complexity index is 711. The van der Waals surface area contributed by atoms with Crippen LogP contribution in [0.25, 0.3) is 0 Å². The molecule has 136 valence electrons. The van der Waals surface area contributed by atoms with Gasteiger partial charge in [0.1, 0.15) is 12.2 Å². The Balaban J connectivity index is 1.83. The minimum atomic E-state index is -0.553. The number of nitrogens with one attached hydrogen (secondary N) is 1. The van der Waals surface area contributed by atoms with E-state index in [9.17, 15) is 9.59 Å². The lowest BCUT2D eigenvalue weighted by atomic mass is 9.93. The molecule has 2 aliphatic heterocycles. The molecule has 7 nitrogen and oxygen atoms in total. The maximum Gasteiger partial charge on any atom is 0.410 e. The van der Waals surface area contributed by atoms with Crippen LogP contribution in [0.1, 0.15) is 53.9 Å². The first kappa shape index (κ1) is 17.7. The summed E-state index contributed by atoms with van der Waals surface area (Å²) < 4.78 is 10.6. The summed E-state index contributed by atoms with van der Waals surface area (Å²) >= 11 is 0. The first-order chi connectivity index (χ1) is 11.7. The summed E-state index contributed by atoms with van der Waals surface area (Å²) in [6, 6.07) is 3.56. The summed E-state index contributed by atoms with van der Waals surface area (Å²) in [5.41, 5.74) is 9.09. The third-order valence-electron chi connectivity index (χ3n) is 4.47. The second kappa shape index (κ2) is 6.31. The Morgan fingerprint density at radius 2 is 2.08 bits per heavy atom. The van der Waals surface area contributed by atoms with E-state index in [1.165, 1.54) is 0 Å². The topological polar surface area (TPSA) is 93.9 Å². The number of hydrogen-bond acceptors (Lipinski definition) is 6. The maximum atomic E-state index is 12.4. The van der Waals surface area contributed by atoms with Crippen molar-refractivity contribution in [1.29, 1.82) is 0 Å². The van der Waals surface area contributed by atoms with Crippen molar-refractivity contribution in [3.8, 4) is 0 Å². The molecule has 0 aromatic heterocycles. The summed E-state index contributed by atoms with van der Waals surface area (Å²) in [5.74, 6) is -0.284. The van der Waals surface area contributed by atoms with Crippen LogP contribution < -0.4 is 11.1 Å². The fourth-order valence-corrected chi connectivity index (χ4v) is 3.31. The number of nitrogens with two attached hydrogens (primary N) is 1. The minimum Gasteiger partial charge on any atom is -0.457 e. The molecule has 2 heterocycles. The number of amides is 1.